The molecular weight excluding hydrogens is 562 g/mol. The summed E-state index contributed by atoms with van der Waals surface area (Å²) in [6.45, 7) is 8.47. The van der Waals surface area contributed by atoms with Crippen molar-refractivity contribution in [2.24, 2.45) is 0 Å². The van der Waals surface area contributed by atoms with Gasteiger partial charge in [-0.05, 0) is 91.4 Å². The predicted molar refractivity (Wildman–Crippen MR) is 189 cm³/mol. The molecule has 0 saturated carbocycles. The van der Waals surface area contributed by atoms with Crippen LogP contribution in [0.25, 0.3) is 0 Å². The first-order valence-corrected chi connectivity index (χ1v) is 16.6. The van der Waals surface area contributed by atoms with Crippen LogP contribution in [0.3, 0.4) is 0 Å². The smallest absolute Gasteiger partial charge is 0.407 e. The molecule has 3 N–H and O–H groups in total. The van der Waals surface area contributed by atoms with Crippen LogP contribution in [-0.4, -0.2) is 42.6 Å². The van der Waals surface area contributed by atoms with Gasteiger partial charge in [-0.3, -0.25) is 9.59 Å². The average Bonchev–Trinajstić information content (AvgIpc) is 2.98. The zero-order valence-electron chi connectivity index (χ0n) is 28.3. The van der Waals surface area contributed by atoms with Gasteiger partial charge in [-0.1, -0.05) is 79.8 Å². The van der Waals surface area contributed by atoms with Crippen molar-refractivity contribution in [1.29, 1.82) is 0 Å². The number of amides is 3. The van der Waals surface area contributed by atoms with Crippen LogP contribution in [0.4, 0.5) is 4.79 Å². The third-order valence-corrected chi connectivity index (χ3v) is 6.17. The van der Waals surface area contributed by atoms with Crippen LogP contribution < -0.4 is 16.0 Å². The number of hydrogen-bond donors (Lipinski definition) is 3. The summed E-state index contributed by atoms with van der Waals surface area (Å²) in [6, 6.07) is -0.630. The zero-order chi connectivity index (χ0) is 33.4. The van der Waals surface area contributed by atoms with Crippen LogP contribution in [0.5, 0.6) is 0 Å². The van der Waals surface area contributed by atoms with Crippen molar-refractivity contribution in [3.05, 3.63) is 72.9 Å². The third kappa shape index (κ3) is 30.0. The van der Waals surface area contributed by atoms with Gasteiger partial charge in [0, 0.05) is 25.9 Å². The molecule has 0 aliphatic rings. The molecule has 0 saturated heterocycles. The lowest BCUT2D eigenvalue weighted by Crippen LogP contribution is -2.47. The average molecular weight is 622 g/mol. The van der Waals surface area contributed by atoms with Crippen molar-refractivity contribution in [3.8, 4) is 12.3 Å². The number of carbonyl (C=O) groups excluding carboxylic acids is 3. The minimum Gasteiger partial charge on any atom is -0.444 e. The summed E-state index contributed by atoms with van der Waals surface area (Å²) in [6.07, 6.45) is 40.3. The Balaban J connectivity index is 4.32. The normalized spacial score (nSPS) is 13.0. The molecule has 0 heterocycles. The Labute approximate surface area is 273 Å². The van der Waals surface area contributed by atoms with Gasteiger partial charge in [0.2, 0.25) is 11.8 Å². The summed E-state index contributed by atoms with van der Waals surface area (Å²) in [5.41, 5.74) is -0.554. The van der Waals surface area contributed by atoms with Gasteiger partial charge >= 0.3 is 6.09 Å². The van der Waals surface area contributed by atoms with Crippen LogP contribution in [0.2, 0.25) is 0 Å². The summed E-state index contributed by atoms with van der Waals surface area (Å²) in [4.78, 5) is 37.1. The molecule has 45 heavy (non-hydrogen) atoms. The van der Waals surface area contributed by atoms with Gasteiger partial charge in [-0.15, -0.1) is 12.3 Å². The van der Waals surface area contributed by atoms with E-state index in [1.54, 1.807) is 0 Å². The minimum atomic E-state index is -0.630. The number of terminal acetylenes is 1. The second-order valence-electron chi connectivity index (χ2n) is 11.6. The van der Waals surface area contributed by atoms with Crippen LogP contribution in [0.1, 0.15) is 111 Å². The van der Waals surface area contributed by atoms with Crippen molar-refractivity contribution < 1.29 is 19.1 Å². The van der Waals surface area contributed by atoms with E-state index in [0.717, 1.165) is 38.5 Å². The fraction of sp³-hybridized carbons (Fsp3) is 0.553. The van der Waals surface area contributed by atoms with Gasteiger partial charge in [0.05, 0.1) is 0 Å². The summed E-state index contributed by atoms with van der Waals surface area (Å²) in [5, 5.41) is 8.46. The highest BCUT2D eigenvalue weighted by atomic mass is 16.6. The first-order valence-electron chi connectivity index (χ1n) is 16.6. The van der Waals surface area contributed by atoms with Crippen molar-refractivity contribution in [3.63, 3.8) is 0 Å². The highest BCUT2D eigenvalue weighted by Crippen LogP contribution is 2.07. The molecule has 0 aliphatic heterocycles. The lowest BCUT2D eigenvalue weighted by atomic mass is 10.1. The number of hydrogen-bond acceptors (Lipinski definition) is 4. The van der Waals surface area contributed by atoms with Crippen molar-refractivity contribution >= 4 is 17.9 Å². The molecule has 0 unspecified atom stereocenters. The number of alkyl carbamates (subject to hydrolysis) is 1. The van der Waals surface area contributed by atoms with E-state index in [-0.39, 0.29) is 11.8 Å². The summed E-state index contributed by atoms with van der Waals surface area (Å²) >= 11 is 0. The maximum atomic E-state index is 12.7. The quantitative estimate of drug-likeness (QED) is 0.0575. The molecule has 7 nitrogen and oxygen atoms in total. The van der Waals surface area contributed by atoms with Crippen molar-refractivity contribution in [1.82, 2.24) is 16.0 Å². The maximum Gasteiger partial charge on any atom is 0.407 e. The molecule has 0 aromatic heterocycles. The lowest BCUT2D eigenvalue weighted by Gasteiger charge is -2.20. The number of rotatable bonds is 24. The number of allylic oxidation sites excluding steroid dienone is 12. The number of unbranched alkanes of at least 4 members (excludes halogenated alkanes) is 2. The zero-order valence-corrected chi connectivity index (χ0v) is 28.3. The van der Waals surface area contributed by atoms with Gasteiger partial charge in [-0.2, -0.15) is 0 Å². The predicted octanol–water partition coefficient (Wildman–Crippen LogP) is 8.17. The Kier molecular flexibility index (Phi) is 26.5. The van der Waals surface area contributed by atoms with Crippen LogP contribution in [0, 0.1) is 12.3 Å². The molecule has 250 valence electrons. The topological polar surface area (TPSA) is 96.5 Å². The van der Waals surface area contributed by atoms with Gasteiger partial charge in [-0.25, -0.2) is 4.79 Å². The van der Waals surface area contributed by atoms with Crippen LogP contribution in [-0.2, 0) is 14.3 Å². The summed E-state index contributed by atoms with van der Waals surface area (Å²) < 4.78 is 5.23. The van der Waals surface area contributed by atoms with Gasteiger partial charge in [0.1, 0.15) is 11.6 Å². The Bertz CT molecular complexity index is 1020. The largest absolute Gasteiger partial charge is 0.444 e. The molecule has 0 bridgehead atoms. The van der Waals surface area contributed by atoms with Crippen LogP contribution >= 0.6 is 0 Å². The number of carbonyl (C=O) groups is 3. The van der Waals surface area contributed by atoms with E-state index in [0.29, 0.717) is 58.0 Å². The summed E-state index contributed by atoms with van der Waals surface area (Å²) in [5.74, 6) is 2.18. The fourth-order valence-electron chi connectivity index (χ4n) is 3.89. The first-order chi connectivity index (χ1) is 21.7. The van der Waals surface area contributed by atoms with E-state index in [4.69, 9.17) is 11.2 Å². The molecule has 0 aromatic rings. The molecule has 0 radical (unpaired) electrons. The molecule has 3 amide bonds. The Morgan fingerprint density at radius 2 is 1.24 bits per heavy atom. The first kappa shape index (κ1) is 41.2. The molecule has 0 fully saturated rings. The van der Waals surface area contributed by atoms with Crippen LogP contribution in [0.15, 0.2) is 72.9 Å². The molecule has 0 aromatic carbocycles. The van der Waals surface area contributed by atoms with E-state index >= 15 is 0 Å². The van der Waals surface area contributed by atoms with Gasteiger partial charge in [0.25, 0.3) is 0 Å². The van der Waals surface area contributed by atoms with E-state index in [1.165, 1.54) is 0 Å². The molecule has 0 rings (SSSR count). The molecule has 0 spiro atoms. The molecule has 1 atom stereocenters. The standard InChI is InChI=1S/C38H59N3O4/c1-6-8-10-11-12-13-14-15-16-17-18-19-20-21-22-23-24-25-26-31-35(42)41-34(36(43)39-32-28-9-7-2)30-27-29-33-40-37(44)45-38(3,4)5/h2,8,10,12-13,15-16,18-19,21-22,24-25,34H,6,9,11,14,17,20,23,26-33H2,1,3-5H3,(H,39,43)(H,40,44)(H,41,42)/b10-8-,13-12-,16-15-,19-18-,22-21-,25-24-/t34-/m0/s1. The summed E-state index contributed by atoms with van der Waals surface area (Å²) in [7, 11) is 0. The SMILES string of the molecule is C#CCCCNC(=O)[C@H](CCCCNC(=O)OC(C)(C)C)NC(=O)CC/C=C\C/C=C\C/C=C\C/C=C\C/C=C\C/C=C\CC. The van der Waals surface area contributed by atoms with Crippen molar-refractivity contribution in [2.75, 3.05) is 13.1 Å². The third-order valence-electron chi connectivity index (χ3n) is 6.17. The molecule has 7 heteroatoms. The van der Waals surface area contributed by atoms with Gasteiger partial charge in [0.15, 0.2) is 0 Å². The molecule has 0 aliphatic carbocycles. The highest BCUT2D eigenvalue weighted by Gasteiger charge is 2.20. The van der Waals surface area contributed by atoms with E-state index in [2.05, 4.69) is 95.6 Å². The second kappa shape index (κ2) is 29.0. The second-order valence-corrected chi connectivity index (χ2v) is 11.6. The number of nitrogens with one attached hydrogen (secondary N) is 3. The number of ether oxygens (including phenoxy) is 1. The monoisotopic (exact) mass is 621 g/mol. The Morgan fingerprint density at radius 1 is 0.733 bits per heavy atom. The van der Waals surface area contributed by atoms with Crippen molar-refractivity contribution in [2.45, 2.75) is 123 Å². The Hall–Kier alpha value is -3.79. The van der Waals surface area contributed by atoms with E-state index in [1.807, 2.05) is 26.8 Å². The van der Waals surface area contributed by atoms with E-state index in [9.17, 15) is 14.4 Å². The minimum absolute atomic E-state index is 0.162. The highest BCUT2D eigenvalue weighted by molar-refractivity contribution is 5.87. The van der Waals surface area contributed by atoms with E-state index < -0.39 is 17.7 Å². The lowest BCUT2D eigenvalue weighted by molar-refractivity contribution is -0.129. The fourth-order valence-corrected chi connectivity index (χ4v) is 3.89. The maximum absolute atomic E-state index is 12.7. The molecular formula is C38H59N3O4. The van der Waals surface area contributed by atoms with Gasteiger partial charge < -0.3 is 20.7 Å². The Morgan fingerprint density at radius 3 is 1.76 bits per heavy atom.